The van der Waals surface area contributed by atoms with Crippen LogP contribution in [0.25, 0.3) is 0 Å². The van der Waals surface area contributed by atoms with Gasteiger partial charge in [-0.2, -0.15) is 5.10 Å². The van der Waals surface area contributed by atoms with Crippen molar-refractivity contribution in [1.29, 1.82) is 0 Å². The van der Waals surface area contributed by atoms with Crippen molar-refractivity contribution < 1.29 is 13.5 Å². The highest BCUT2D eigenvalue weighted by Gasteiger charge is 2.26. The molecular weight excluding hydrogens is 460 g/mol. The first kappa shape index (κ1) is 23.3. The average molecular weight is 483 g/mol. The molecule has 0 saturated heterocycles. The summed E-state index contributed by atoms with van der Waals surface area (Å²) in [6.45, 7) is 3.24. The Bertz CT molecular complexity index is 1150. The maximum Gasteiger partial charge on any atom is 0.268 e. The van der Waals surface area contributed by atoms with Gasteiger partial charge >= 0.3 is 0 Å². The number of anilines is 2. The molecule has 0 unspecified atom stereocenters. The van der Waals surface area contributed by atoms with Crippen LogP contribution in [0, 0.1) is 6.92 Å². The first-order valence-electron chi connectivity index (χ1n) is 9.34. The van der Waals surface area contributed by atoms with Crippen LogP contribution in [0.5, 0.6) is 0 Å². The van der Waals surface area contributed by atoms with Crippen molar-refractivity contribution in [3.8, 4) is 0 Å². The van der Waals surface area contributed by atoms with Crippen LogP contribution in [0.2, 0.25) is 5.15 Å². The maximum atomic E-state index is 13.0. The van der Waals surface area contributed by atoms with E-state index in [0.717, 1.165) is 5.56 Å². The summed E-state index contributed by atoms with van der Waals surface area (Å²) in [5.41, 5.74) is 1.36. The predicted molar refractivity (Wildman–Crippen MR) is 122 cm³/mol. The molecule has 0 fully saturated rings. The van der Waals surface area contributed by atoms with Crippen LogP contribution >= 0.6 is 23.4 Å². The van der Waals surface area contributed by atoms with Crippen molar-refractivity contribution >= 4 is 45.0 Å². The summed E-state index contributed by atoms with van der Waals surface area (Å²) in [5.74, 6) is 1.08. The highest BCUT2D eigenvalue weighted by atomic mass is 35.5. The zero-order valence-corrected chi connectivity index (χ0v) is 19.6. The highest BCUT2D eigenvalue weighted by Crippen LogP contribution is 2.28. The van der Waals surface area contributed by atoms with Gasteiger partial charge in [-0.15, -0.1) is 0 Å². The lowest BCUT2D eigenvalue weighted by Crippen LogP contribution is -2.21. The number of sulfonamides is 1. The fraction of sp³-hybridized carbons (Fsp3) is 0.316. The molecule has 2 heterocycles. The van der Waals surface area contributed by atoms with E-state index in [2.05, 4.69) is 25.1 Å². The summed E-state index contributed by atoms with van der Waals surface area (Å²) >= 11 is 7.50. The molecule has 12 heteroatoms. The third-order valence-electron chi connectivity index (χ3n) is 4.19. The smallest absolute Gasteiger partial charge is 0.268 e. The minimum Gasteiger partial charge on any atom is -0.394 e. The molecule has 3 aromatic rings. The Kier molecular flexibility index (Phi) is 7.42. The van der Waals surface area contributed by atoms with Crippen LogP contribution in [0.1, 0.15) is 18.2 Å². The number of nitrogens with zero attached hydrogens (tertiary/aromatic N) is 4. The molecule has 0 amide bonds. The molecular formula is C19H23ClN6O3S2. The van der Waals surface area contributed by atoms with Gasteiger partial charge in [-0.3, -0.25) is 9.40 Å². The second-order valence-electron chi connectivity index (χ2n) is 6.86. The monoisotopic (exact) mass is 482 g/mol. The number of aliphatic hydroxyl groups excluding tert-OH is 1. The molecule has 3 N–H and O–H groups in total. The number of hydrogen-bond acceptors (Lipinski definition) is 8. The van der Waals surface area contributed by atoms with Gasteiger partial charge in [-0.25, -0.2) is 18.4 Å². The minimum atomic E-state index is -4.03. The SMILES string of the molecule is Cc1nn(C)c(Cl)c1S(=O)(=O)Nc1cc(N[C@H](C)CO)nc(SCc2ccccc2)n1. The summed E-state index contributed by atoms with van der Waals surface area (Å²) in [6, 6.07) is 11.0. The zero-order valence-electron chi connectivity index (χ0n) is 17.2. The van der Waals surface area contributed by atoms with Crippen LogP contribution < -0.4 is 10.0 Å². The number of aromatic nitrogens is 4. The minimum absolute atomic E-state index is 0.00461. The van der Waals surface area contributed by atoms with Gasteiger partial charge in [0.1, 0.15) is 21.7 Å². The molecule has 0 radical (unpaired) electrons. The van der Waals surface area contributed by atoms with Crippen molar-refractivity contribution in [2.24, 2.45) is 7.05 Å². The fourth-order valence-corrected chi connectivity index (χ4v) is 5.30. The number of thioether (sulfide) groups is 1. The molecule has 31 heavy (non-hydrogen) atoms. The number of halogens is 1. The second kappa shape index (κ2) is 9.86. The van der Waals surface area contributed by atoms with Gasteiger partial charge in [0.2, 0.25) is 0 Å². The summed E-state index contributed by atoms with van der Waals surface area (Å²) in [4.78, 5) is 8.67. The molecule has 0 aliphatic heterocycles. The van der Waals surface area contributed by atoms with Crippen LogP contribution in [0.3, 0.4) is 0 Å². The maximum absolute atomic E-state index is 13.0. The Morgan fingerprint density at radius 1 is 1.23 bits per heavy atom. The third-order valence-corrected chi connectivity index (χ3v) is 7.16. The van der Waals surface area contributed by atoms with E-state index in [9.17, 15) is 13.5 Å². The van der Waals surface area contributed by atoms with Gasteiger partial charge in [0.05, 0.1) is 12.3 Å². The molecule has 0 bridgehead atoms. The van der Waals surface area contributed by atoms with Gasteiger partial charge in [-0.1, -0.05) is 53.7 Å². The van der Waals surface area contributed by atoms with Gasteiger partial charge in [-0.05, 0) is 19.4 Å². The summed E-state index contributed by atoms with van der Waals surface area (Å²) in [7, 11) is -2.47. The molecule has 0 saturated carbocycles. The molecule has 0 aliphatic rings. The summed E-state index contributed by atoms with van der Waals surface area (Å²) < 4.78 is 29.7. The Balaban J connectivity index is 1.91. The van der Waals surface area contributed by atoms with E-state index in [0.29, 0.717) is 16.7 Å². The van der Waals surface area contributed by atoms with E-state index in [1.807, 2.05) is 30.3 Å². The van der Waals surface area contributed by atoms with Crippen LogP contribution in [0.4, 0.5) is 11.6 Å². The van der Waals surface area contributed by atoms with Crippen LogP contribution in [0.15, 0.2) is 46.5 Å². The Morgan fingerprint density at radius 2 is 1.90 bits per heavy atom. The predicted octanol–water partition coefficient (Wildman–Crippen LogP) is 3.06. The van der Waals surface area contributed by atoms with Gasteiger partial charge < -0.3 is 10.4 Å². The van der Waals surface area contributed by atoms with Crippen molar-refractivity contribution in [2.75, 3.05) is 16.6 Å². The van der Waals surface area contributed by atoms with Crippen molar-refractivity contribution in [1.82, 2.24) is 19.7 Å². The van der Waals surface area contributed by atoms with Gasteiger partial charge in [0.15, 0.2) is 5.16 Å². The lowest BCUT2D eigenvalue weighted by Gasteiger charge is -2.14. The molecule has 0 aliphatic carbocycles. The van der Waals surface area contributed by atoms with Gasteiger partial charge in [0.25, 0.3) is 10.0 Å². The second-order valence-corrected chi connectivity index (χ2v) is 9.78. The molecule has 2 aromatic heterocycles. The summed E-state index contributed by atoms with van der Waals surface area (Å²) in [5, 5.41) is 16.8. The number of hydrogen-bond donors (Lipinski definition) is 3. The van der Waals surface area contributed by atoms with Crippen molar-refractivity contribution in [3.05, 3.63) is 52.8 Å². The van der Waals surface area contributed by atoms with E-state index in [-0.39, 0.29) is 34.2 Å². The van der Waals surface area contributed by atoms with E-state index in [1.165, 1.54) is 22.5 Å². The molecule has 1 aromatic carbocycles. The van der Waals surface area contributed by atoms with Crippen LogP contribution in [-0.4, -0.2) is 45.9 Å². The Morgan fingerprint density at radius 3 is 2.52 bits per heavy atom. The number of benzene rings is 1. The van der Waals surface area contributed by atoms with E-state index < -0.39 is 10.0 Å². The normalized spacial score (nSPS) is 12.5. The van der Waals surface area contributed by atoms with Crippen molar-refractivity contribution in [3.63, 3.8) is 0 Å². The molecule has 166 valence electrons. The molecule has 0 spiro atoms. The summed E-state index contributed by atoms with van der Waals surface area (Å²) in [6.07, 6.45) is 0. The Hall–Kier alpha value is -2.34. The van der Waals surface area contributed by atoms with Gasteiger partial charge in [0, 0.05) is 24.9 Å². The lowest BCUT2D eigenvalue weighted by molar-refractivity contribution is 0.281. The van der Waals surface area contributed by atoms with Crippen LogP contribution in [-0.2, 0) is 22.8 Å². The first-order valence-corrected chi connectivity index (χ1v) is 12.2. The molecule has 3 rings (SSSR count). The first-order chi connectivity index (χ1) is 14.7. The van der Waals surface area contributed by atoms with E-state index >= 15 is 0 Å². The van der Waals surface area contributed by atoms with Crippen molar-refractivity contribution in [2.45, 2.75) is 35.7 Å². The topological polar surface area (TPSA) is 122 Å². The number of aryl methyl sites for hydroxylation is 2. The number of nitrogens with one attached hydrogen (secondary N) is 2. The standard InChI is InChI=1S/C19H23ClN6O3S2/c1-12(10-27)21-15-9-16(23-19(22-15)30-11-14-7-5-4-6-8-14)25-31(28,29)17-13(2)24-26(3)18(17)20/h4-9,12,27H,10-11H2,1-3H3,(H2,21,22,23,25)/t12-/m1/s1. The largest absolute Gasteiger partial charge is 0.394 e. The quantitative estimate of drug-likeness (QED) is 0.314. The average Bonchev–Trinajstić information content (AvgIpc) is 2.98. The lowest BCUT2D eigenvalue weighted by atomic mass is 10.2. The van der Waals surface area contributed by atoms with E-state index in [1.54, 1.807) is 20.9 Å². The zero-order chi connectivity index (χ0) is 22.6. The number of aliphatic hydroxyl groups is 1. The number of rotatable bonds is 9. The Labute approximate surface area is 190 Å². The molecule has 1 atom stereocenters. The van der Waals surface area contributed by atoms with E-state index in [4.69, 9.17) is 11.6 Å². The highest BCUT2D eigenvalue weighted by molar-refractivity contribution is 7.98. The third kappa shape index (κ3) is 5.88. The fourth-order valence-electron chi connectivity index (χ4n) is 2.74. The molecule has 9 nitrogen and oxygen atoms in total.